The van der Waals surface area contributed by atoms with Crippen molar-refractivity contribution in [2.45, 2.75) is 51.0 Å². The second-order valence-electron chi connectivity index (χ2n) is 6.78. The summed E-state index contributed by atoms with van der Waals surface area (Å²) in [6.07, 6.45) is 3.12. The molecule has 2 aliphatic rings. The van der Waals surface area contributed by atoms with Gasteiger partial charge >= 0.3 is 0 Å². The van der Waals surface area contributed by atoms with Crippen molar-refractivity contribution in [3.05, 3.63) is 18.2 Å². The first kappa shape index (κ1) is 16.0. The van der Waals surface area contributed by atoms with E-state index in [4.69, 9.17) is 0 Å². The number of unbranched alkanes of at least 4 members (excludes halogenated alkanes) is 1. The molecule has 3 N–H and O–H groups in total. The molecule has 1 aromatic carbocycles. The van der Waals surface area contributed by atoms with Gasteiger partial charge in [-0.3, -0.25) is 4.79 Å². The number of alkyl halides is 2. The Morgan fingerprint density at radius 3 is 2.74 bits per heavy atom. The Morgan fingerprint density at radius 2 is 2.04 bits per heavy atom. The zero-order chi connectivity index (χ0) is 16.6. The van der Waals surface area contributed by atoms with E-state index >= 15 is 0 Å². The molecular weight excluding hydrogens is 302 g/mol. The van der Waals surface area contributed by atoms with E-state index in [2.05, 4.69) is 17.6 Å². The SMILES string of the molecule is CC1CC1CCCCC(F)(F)C1Nc2ccc(O)cc2NC1=O. The zero-order valence-corrected chi connectivity index (χ0v) is 13.1. The minimum atomic E-state index is -3.10. The molecule has 23 heavy (non-hydrogen) atoms. The molecule has 3 atom stereocenters. The van der Waals surface area contributed by atoms with Gasteiger partial charge in [0.2, 0.25) is 0 Å². The molecule has 1 heterocycles. The van der Waals surface area contributed by atoms with Crippen molar-refractivity contribution in [3.8, 4) is 5.75 Å². The van der Waals surface area contributed by atoms with Gasteiger partial charge in [0.15, 0.2) is 6.04 Å². The Labute approximate surface area is 134 Å². The lowest BCUT2D eigenvalue weighted by Crippen LogP contribution is -2.50. The maximum atomic E-state index is 14.4. The summed E-state index contributed by atoms with van der Waals surface area (Å²) in [5, 5.41) is 14.4. The predicted molar refractivity (Wildman–Crippen MR) is 84.8 cm³/mol. The largest absolute Gasteiger partial charge is 0.508 e. The minimum absolute atomic E-state index is 0.0228. The smallest absolute Gasteiger partial charge is 0.276 e. The third-order valence-corrected chi connectivity index (χ3v) is 4.86. The average Bonchev–Trinajstić information content (AvgIpc) is 3.18. The van der Waals surface area contributed by atoms with Crippen molar-refractivity contribution in [1.82, 2.24) is 0 Å². The molecule has 3 unspecified atom stereocenters. The Morgan fingerprint density at radius 1 is 1.30 bits per heavy atom. The van der Waals surface area contributed by atoms with Crippen molar-refractivity contribution in [2.75, 3.05) is 10.6 Å². The maximum absolute atomic E-state index is 14.4. The van der Waals surface area contributed by atoms with E-state index in [1.807, 2.05) is 0 Å². The van der Waals surface area contributed by atoms with Crippen molar-refractivity contribution in [2.24, 2.45) is 11.8 Å². The van der Waals surface area contributed by atoms with Gasteiger partial charge in [0, 0.05) is 12.5 Å². The van der Waals surface area contributed by atoms with Crippen LogP contribution in [0.2, 0.25) is 0 Å². The molecule has 0 spiro atoms. The van der Waals surface area contributed by atoms with E-state index in [-0.39, 0.29) is 12.2 Å². The van der Waals surface area contributed by atoms with Gasteiger partial charge in [-0.25, -0.2) is 8.78 Å². The molecule has 1 aliphatic carbocycles. The summed E-state index contributed by atoms with van der Waals surface area (Å²) < 4.78 is 28.8. The van der Waals surface area contributed by atoms with E-state index in [0.717, 1.165) is 18.8 Å². The van der Waals surface area contributed by atoms with Crippen LogP contribution in [0.4, 0.5) is 20.2 Å². The van der Waals surface area contributed by atoms with Crippen molar-refractivity contribution < 1.29 is 18.7 Å². The number of halogens is 2. The van der Waals surface area contributed by atoms with Crippen LogP contribution in [0.25, 0.3) is 0 Å². The first-order valence-corrected chi connectivity index (χ1v) is 8.15. The van der Waals surface area contributed by atoms with E-state index < -0.39 is 17.9 Å². The van der Waals surface area contributed by atoms with Gasteiger partial charge in [0.05, 0.1) is 11.4 Å². The summed E-state index contributed by atoms with van der Waals surface area (Å²) in [7, 11) is 0. The summed E-state index contributed by atoms with van der Waals surface area (Å²) in [5.74, 6) is -2.43. The third kappa shape index (κ3) is 3.57. The van der Waals surface area contributed by atoms with Gasteiger partial charge in [-0.15, -0.1) is 0 Å². The normalized spacial score (nSPS) is 26.2. The molecule has 1 aromatic rings. The van der Waals surface area contributed by atoms with Crippen LogP contribution >= 0.6 is 0 Å². The van der Waals surface area contributed by atoms with Gasteiger partial charge in [-0.2, -0.15) is 0 Å². The molecule has 6 heteroatoms. The van der Waals surface area contributed by atoms with Gasteiger partial charge < -0.3 is 15.7 Å². The van der Waals surface area contributed by atoms with Gasteiger partial charge in [0.25, 0.3) is 11.8 Å². The standard InChI is InChI=1S/C17H22F2N2O2/c1-10-8-11(10)4-2-3-7-17(18,19)15-16(23)21-14-9-12(22)5-6-13(14)20-15/h5-6,9-11,15,20,22H,2-4,7-8H2,1H3,(H,21,23). The van der Waals surface area contributed by atoms with E-state index in [0.29, 0.717) is 23.7 Å². The average molecular weight is 324 g/mol. The number of phenols is 1. The highest BCUT2D eigenvalue weighted by Gasteiger charge is 2.46. The predicted octanol–water partition coefficient (Wildman–Crippen LogP) is 3.98. The van der Waals surface area contributed by atoms with E-state index in [1.165, 1.54) is 24.6 Å². The highest BCUT2D eigenvalue weighted by atomic mass is 19.3. The number of hydrogen-bond acceptors (Lipinski definition) is 3. The highest BCUT2D eigenvalue weighted by Crippen LogP contribution is 2.42. The number of rotatable bonds is 6. The second-order valence-corrected chi connectivity index (χ2v) is 6.78. The Bertz CT molecular complexity index is 606. The topological polar surface area (TPSA) is 61.4 Å². The first-order valence-electron chi connectivity index (χ1n) is 8.15. The van der Waals surface area contributed by atoms with Gasteiger partial charge in [-0.1, -0.05) is 19.8 Å². The molecular formula is C17H22F2N2O2. The van der Waals surface area contributed by atoms with Crippen LogP contribution in [0.1, 0.15) is 39.0 Å². The van der Waals surface area contributed by atoms with Crippen LogP contribution in [-0.2, 0) is 4.79 Å². The van der Waals surface area contributed by atoms with Crippen LogP contribution in [-0.4, -0.2) is 23.0 Å². The summed E-state index contributed by atoms with van der Waals surface area (Å²) in [6.45, 7) is 2.19. The molecule has 1 saturated carbocycles. The fraction of sp³-hybridized carbons (Fsp3) is 0.588. The number of carbonyl (C=O) groups is 1. The third-order valence-electron chi connectivity index (χ3n) is 4.86. The van der Waals surface area contributed by atoms with Gasteiger partial charge in [0.1, 0.15) is 5.75 Å². The van der Waals surface area contributed by atoms with Crippen LogP contribution in [0, 0.1) is 11.8 Å². The molecule has 0 bridgehead atoms. The Kier molecular flexibility index (Phi) is 4.17. The first-order chi connectivity index (χ1) is 10.9. The fourth-order valence-corrected chi connectivity index (χ4v) is 3.20. The van der Waals surface area contributed by atoms with Crippen LogP contribution in [0.5, 0.6) is 5.75 Å². The lowest BCUT2D eigenvalue weighted by molar-refractivity contribution is -0.126. The lowest BCUT2D eigenvalue weighted by atomic mass is 9.98. The highest BCUT2D eigenvalue weighted by molar-refractivity contribution is 6.03. The maximum Gasteiger partial charge on any atom is 0.276 e. The van der Waals surface area contributed by atoms with Gasteiger partial charge in [-0.05, 0) is 36.8 Å². The van der Waals surface area contributed by atoms with Crippen molar-refractivity contribution >= 4 is 17.3 Å². The molecule has 1 amide bonds. The molecule has 0 saturated heterocycles. The quantitative estimate of drug-likeness (QED) is 0.548. The molecule has 1 aliphatic heterocycles. The number of hydrogen-bond donors (Lipinski definition) is 3. The lowest BCUT2D eigenvalue weighted by Gasteiger charge is -2.32. The van der Waals surface area contributed by atoms with Crippen LogP contribution in [0.15, 0.2) is 18.2 Å². The Hall–Kier alpha value is -1.85. The molecule has 0 radical (unpaired) electrons. The van der Waals surface area contributed by atoms with Crippen LogP contribution in [0.3, 0.4) is 0 Å². The van der Waals surface area contributed by atoms with Crippen molar-refractivity contribution in [1.29, 1.82) is 0 Å². The summed E-state index contributed by atoms with van der Waals surface area (Å²) in [4.78, 5) is 12.0. The summed E-state index contributed by atoms with van der Waals surface area (Å²) in [6, 6.07) is 2.65. The number of anilines is 2. The number of fused-ring (bicyclic) bond motifs is 1. The minimum Gasteiger partial charge on any atom is -0.508 e. The molecule has 4 nitrogen and oxygen atoms in total. The number of carbonyl (C=O) groups excluding carboxylic acids is 1. The number of phenolic OH excluding ortho intramolecular Hbond substituents is 1. The molecule has 0 aromatic heterocycles. The van der Waals surface area contributed by atoms with E-state index in [9.17, 15) is 18.7 Å². The number of amides is 1. The molecule has 126 valence electrons. The zero-order valence-electron chi connectivity index (χ0n) is 13.1. The molecule has 1 fully saturated rings. The fourth-order valence-electron chi connectivity index (χ4n) is 3.20. The van der Waals surface area contributed by atoms with E-state index in [1.54, 1.807) is 0 Å². The van der Waals surface area contributed by atoms with Crippen LogP contribution < -0.4 is 10.6 Å². The summed E-state index contributed by atoms with van der Waals surface area (Å²) >= 11 is 0. The number of aromatic hydroxyl groups is 1. The summed E-state index contributed by atoms with van der Waals surface area (Å²) in [5.41, 5.74) is 0.726. The monoisotopic (exact) mass is 324 g/mol. The number of benzene rings is 1. The number of nitrogens with one attached hydrogen (secondary N) is 2. The molecule has 3 rings (SSSR count). The Balaban J connectivity index is 1.58. The van der Waals surface area contributed by atoms with Crippen molar-refractivity contribution in [3.63, 3.8) is 0 Å². The second kappa shape index (κ2) is 5.98.